The summed E-state index contributed by atoms with van der Waals surface area (Å²) in [6.45, 7) is 2.03. The first-order chi connectivity index (χ1) is 8.34. The van der Waals surface area contributed by atoms with Gasteiger partial charge in [0.2, 0.25) is 10.0 Å². The van der Waals surface area contributed by atoms with Crippen LogP contribution < -0.4 is 10.5 Å². The van der Waals surface area contributed by atoms with Crippen LogP contribution in [0.1, 0.15) is 6.92 Å². The number of ether oxygens (including phenoxy) is 1. The van der Waals surface area contributed by atoms with Crippen LogP contribution in [0.4, 0.5) is 0 Å². The lowest BCUT2D eigenvalue weighted by Gasteiger charge is -2.23. The Morgan fingerprint density at radius 1 is 1.50 bits per heavy atom. The van der Waals surface area contributed by atoms with E-state index in [4.69, 9.17) is 10.5 Å². The molecule has 1 aromatic carbocycles. The molecule has 0 bridgehead atoms. The Kier molecular flexibility index (Phi) is 5.15. The lowest BCUT2D eigenvalue weighted by atomic mass is 10.3. The molecule has 0 aliphatic rings. The van der Waals surface area contributed by atoms with Crippen molar-refractivity contribution in [1.82, 2.24) is 4.31 Å². The summed E-state index contributed by atoms with van der Waals surface area (Å²) in [6.07, 6.45) is 0. The van der Waals surface area contributed by atoms with Crippen LogP contribution in [0.5, 0.6) is 5.75 Å². The molecule has 1 rings (SSSR count). The van der Waals surface area contributed by atoms with Crippen LogP contribution in [0.2, 0.25) is 0 Å². The number of methoxy groups -OCH3 is 1. The molecule has 102 valence electrons. The monoisotopic (exact) mass is 336 g/mol. The van der Waals surface area contributed by atoms with Gasteiger partial charge in [-0.05, 0) is 41.1 Å². The van der Waals surface area contributed by atoms with Gasteiger partial charge < -0.3 is 10.5 Å². The Balaban J connectivity index is 3.21. The third-order valence-corrected chi connectivity index (χ3v) is 5.71. The van der Waals surface area contributed by atoms with Gasteiger partial charge in [0.25, 0.3) is 0 Å². The first-order valence-corrected chi connectivity index (χ1v) is 7.59. The van der Waals surface area contributed by atoms with E-state index in [0.717, 1.165) is 0 Å². The summed E-state index contributed by atoms with van der Waals surface area (Å²) in [5.74, 6) is 0.593. The van der Waals surface area contributed by atoms with E-state index in [0.29, 0.717) is 10.2 Å². The Morgan fingerprint density at radius 3 is 2.56 bits per heavy atom. The van der Waals surface area contributed by atoms with E-state index in [2.05, 4.69) is 15.9 Å². The topological polar surface area (TPSA) is 72.6 Å². The average molecular weight is 337 g/mol. The molecule has 7 heteroatoms. The second-order valence-electron chi connectivity index (χ2n) is 3.90. The average Bonchev–Trinajstić information content (AvgIpc) is 2.36. The molecule has 0 amide bonds. The van der Waals surface area contributed by atoms with Crippen molar-refractivity contribution in [1.29, 1.82) is 0 Å². The van der Waals surface area contributed by atoms with Gasteiger partial charge in [0, 0.05) is 24.1 Å². The highest BCUT2D eigenvalue weighted by Gasteiger charge is 2.26. The number of sulfonamides is 1. The highest BCUT2D eigenvalue weighted by atomic mass is 79.9. The predicted molar refractivity (Wildman–Crippen MR) is 74.2 cm³/mol. The molecule has 1 aromatic rings. The minimum absolute atomic E-state index is 0.200. The SMILES string of the molecule is COc1ccc(S(=O)(=O)N(C)C(C)CN)c(Br)c1. The molecule has 0 saturated carbocycles. The third kappa shape index (κ3) is 3.03. The van der Waals surface area contributed by atoms with Crippen LogP contribution in [0.3, 0.4) is 0 Å². The molecular formula is C11H17BrN2O3S. The van der Waals surface area contributed by atoms with Gasteiger partial charge in [-0.1, -0.05) is 0 Å². The number of rotatable bonds is 5. The first-order valence-electron chi connectivity index (χ1n) is 5.36. The largest absolute Gasteiger partial charge is 0.497 e. The number of hydrogen-bond acceptors (Lipinski definition) is 4. The van der Waals surface area contributed by atoms with E-state index in [1.807, 2.05) is 0 Å². The summed E-state index contributed by atoms with van der Waals surface area (Å²) >= 11 is 3.25. The van der Waals surface area contributed by atoms with E-state index < -0.39 is 10.0 Å². The summed E-state index contributed by atoms with van der Waals surface area (Å²) in [5, 5.41) is 0. The number of halogens is 1. The molecule has 1 unspecified atom stereocenters. The molecule has 5 nitrogen and oxygen atoms in total. The van der Waals surface area contributed by atoms with Crippen molar-refractivity contribution >= 4 is 26.0 Å². The summed E-state index contributed by atoms with van der Waals surface area (Å²) in [5.41, 5.74) is 5.49. The van der Waals surface area contributed by atoms with Crippen LogP contribution in [0, 0.1) is 0 Å². The molecule has 0 aliphatic heterocycles. The van der Waals surface area contributed by atoms with Crippen LogP contribution in [0.25, 0.3) is 0 Å². The smallest absolute Gasteiger partial charge is 0.244 e. The number of nitrogens with two attached hydrogens (primary N) is 1. The Morgan fingerprint density at radius 2 is 2.11 bits per heavy atom. The van der Waals surface area contributed by atoms with Crippen LogP contribution in [-0.4, -0.2) is 39.5 Å². The molecule has 0 radical (unpaired) electrons. The quantitative estimate of drug-likeness (QED) is 0.882. The van der Waals surface area contributed by atoms with Gasteiger partial charge in [-0.3, -0.25) is 0 Å². The molecule has 0 aromatic heterocycles. The van der Waals surface area contributed by atoms with Gasteiger partial charge in [0.05, 0.1) is 12.0 Å². The summed E-state index contributed by atoms with van der Waals surface area (Å²) in [4.78, 5) is 0.200. The van der Waals surface area contributed by atoms with E-state index in [1.54, 1.807) is 19.1 Å². The molecule has 2 N–H and O–H groups in total. The Labute approximate surface area is 116 Å². The predicted octanol–water partition coefficient (Wildman–Crippen LogP) is 1.43. The second kappa shape index (κ2) is 6.01. The molecule has 0 aliphatic carbocycles. The Bertz CT molecular complexity index is 519. The lowest BCUT2D eigenvalue weighted by molar-refractivity contribution is 0.393. The van der Waals surface area contributed by atoms with Gasteiger partial charge in [-0.2, -0.15) is 4.31 Å². The number of likely N-dealkylation sites (N-methyl/N-ethyl adjacent to an activating group) is 1. The van der Waals surface area contributed by atoms with Crippen molar-refractivity contribution in [3.05, 3.63) is 22.7 Å². The van der Waals surface area contributed by atoms with E-state index in [1.165, 1.54) is 24.5 Å². The van der Waals surface area contributed by atoms with Crippen LogP contribution in [-0.2, 0) is 10.0 Å². The van der Waals surface area contributed by atoms with Gasteiger partial charge in [-0.15, -0.1) is 0 Å². The van der Waals surface area contributed by atoms with Gasteiger partial charge in [-0.25, -0.2) is 8.42 Å². The summed E-state index contributed by atoms with van der Waals surface area (Å²) < 4.78 is 31.5. The van der Waals surface area contributed by atoms with Crippen LogP contribution in [0.15, 0.2) is 27.6 Å². The zero-order chi connectivity index (χ0) is 13.9. The van der Waals surface area contributed by atoms with Crippen molar-refractivity contribution in [2.24, 2.45) is 5.73 Å². The van der Waals surface area contributed by atoms with Crippen molar-refractivity contribution in [2.45, 2.75) is 17.9 Å². The zero-order valence-electron chi connectivity index (χ0n) is 10.6. The fraction of sp³-hybridized carbons (Fsp3) is 0.455. The normalized spacial score (nSPS) is 13.7. The molecular weight excluding hydrogens is 320 g/mol. The van der Waals surface area contributed by atoms with E-state index in [9.17, 15) is 8.42 Å². The fourth-order valence-electron chi connectivity index (χ4n) is 1.36. The molecule has 0 fully saturated rings. The standard InChI is InChI=1S/C11H17BrN2O3S/c1-8(7-13)14(2)18(15,16)11-5-4-9(17-3)6-10(11)12/h4-6,8H,7,13H2,1-3H3. The molecule has 1 atom stereocenters. The zero-order valence-corrected chi connectivity index (χ0v) is 13.0. The molecule has 0 saturated heterocycles. The van der Waals surface area contributed by atoms with Crippen molar-refractivity contribution in [3.63, 3.8) is 0 Å². The molecule has 0 spiro atoms. The lowest BCUT2D eigenvalue weighted by Crippen LogP contribution is -2.39. The maximum Gasteiger partial charge on any atom is 0.244 e. The highest BCUT2D eigenvalue weighted by molar-refractivity contribution is 9.10. The third-order valence-electron chi connectivity index (χ3n) is 2.76. The Hall–Kier alpha value is -0.630. The summed E-state index contributed by atoms with van der Waals surface area (Å²) in [7, 11) is -0.511. The van der Waals surface area contributed by atoms with Crippen molar-refractivity contribution in [3.8, 4) is 5.75 Å². The number of nitrogens with zero attached hydrogens (tertiary/aromatic N) is 1. The van der Waals surface area contributed by atoms with Gasteiger partial charge in [0.15, 0.2) is 0 Å². The minimum atomic E-state index is -3.56. The maximum absolute atomic E-state index is 12.4. The van der Waals surface area contributed by atoms with E-state index in [-0.39, 0.29) is 17.5 Å². The van der Waals surface area contributed by atoms with Gasteiger partial charge in [0.1, 0.15) is 5.75 Å². The van der Waals surface area contributed by atoms with E-state index >= 15 is 0 Å². The number of benzene rings is 1. The van der Waals surface area contributed by atoms with Crippen molar-refractivity contribution in [2.75, 3.05) is 20.7 Å². The van der Waals surface area contributed by atoms with Crippen molar-refractivity contribution < 1.29 is 13.2 Å². The maximum atomic E-state index is 12.4. The summed E-state index contributed by atoms with van der Waals surface area (Å²) in [6, 6.07) is 4.48. The van der Waals surface area contributed by atoms with Gasteiger partial charge >= 0.3 is 0 Å². The molecule has 18 heavy (non-hydrogen) atoms. The highest BCUT2D eigenvalue weighted by Crippen LogP contribution is 2.28. The molecule has 0 heterocycles. The second-order valence-corrected chi connectivity index (χ2v) is 6.72. The number of hydrogen-bond donors (Lipinski definition) is 1. The first kappa shape index (κ1) is 15.4. The fourth-order valence-corrected chi connectivity index (χ4v) is 3.75. The minimum Gasteiger partial charge on any atom is -0.497 e. The van der Waals surface area contributed by atoms with Crippen LogP contribution >= 0.6 is 15.9 Å².